The van der Waals surface area contributed by atoms with Gasteiger partial charge in [0.05, 0.1) is 43.5 Å². The molecule has 3 aromatic rings. The van der Waals surface area contributed by atoms with E-state index in [1.165, 1.54) is 12.7 Å². The second-order valence-electron chi connectivity index (χ2n) is 6.29. The van der Waals surface area contributed by atoms with Gasteiger partial charge in [-0.25, -0.2) is 9.97 Å². The van der Waals surface area contributed by atoms with Crippen LogP contribution in [0.2, 0.25) is 0 Å². The van der Waals surface area contributed by atoms with Crippen molar-refractivity contribution in [2.45, 2.75) is 26.1 Å². The summed E-state index contributed by atoms with van der Waals surface area (Å²) in [6.07, 6.45) is 6.18. The van der Waals surface area contributed by atoms with Gasteiger partial charge >= 0.3 is 0 Å². The summed E-state index contributed by atoms with van der Waals surface area (Å²) in [5, 5.41) is 0. The predicted molar refractivity (Wildman–Crippen MR) is 91.1 cm³/mol. The van der Waals surface area contributed by atoms with Gasteiger partial charge in [-0.15, -0.1) is 0 Å². The Morgan fingerprint density at radius 3 is 3.15 bits per heavy atom. The van der Waals surface area contributed by atoms with Crippen LogP contribution in [0.25, 0.3) is 0 Å². The van der Waals surface area contributed by atoms with Crippen molar-refractivity contribution in [3.63, 3.8) is 0 Å². The molecule has 4 rings (SSSR count). The van der Waals surface area contributed by atoms with E-state index in [-0.39, 0.29) is 11.9 Å². The van der Waals surface area contributed by atoms with E-state index in [2.05, 4.69) is 19.5 Å². The molecule has 1 aliphatic rings. The molecule has 8 heteroatoms. The highest BCUT2D eigenvalue weighted by Crippen LogP contribution is 2.23. The number of oxazole rings is 1. The Labute approximate surface area is 150 Å². The number of hydrogen-bond acceptors (Lipinski definition) is 6. The monoisotopic (exact) mass is 353 g/mol. The summed E-state index contributed by atoms with van der Waals surface area (Å²) >= 11 is 0. The number of rotatable bonds is 5. The van der Waals surface area contributed by atoms with Crippen LogP contribution in [0.15, 0.2) is 47.8 Å². The molecular formula is C18H19N5O3. The van der Waals surface area contributed by atoms with Crippen LogP contribution in [-0.2, 0) is 17.9 Å². The average molecular weight is 353 g/mol. The van der Waals surface area contributed by atoms with E-state index in [4.69, 9.17) is 9.15 Å². The van der Waals surface area contributed by atoms with Crippen molar-refractivity contribution in [3.05, 3.63) is 66.2 Å². The second kappa shape index (κ2) is 7.09. The molecule has 1 amide bonds. The summed E-state index contributed by atoms with van der Waals surface area (Å²) in [5.74, 6) is -0.156. The molecule has 1 aliphatic heterocycles. The standard InChI is InChI=1S/C18H19N5O3/c1-13-3-2-4-14(21-13)8-25-9-16-7-22(6-15-5-19-11-23(15)16)18(24)17-10-26-12-20-17/h2-5,10-12,16H,6-9H2,1H3/t16-/m1/s1. The zero-order valence-corrected chi connectivity index (χ0v) is 14.4. The van der Waals surface area contributed by atoms with E-state index in [0.717, 1.165) is 17.1 Å². The van der Waals surface area contributed by atoms with Gasteiger partial charge in [-0.05, 0) is 19.1 Å². The fourth-order valence-electron chi connectivity index (χ4n) is 3.13. The lowest BCUT2D eigenvalue weighted by molar-refractivity contribution is 0.0470. The highest BCUT2D eigenvalue weighted by Gasteiger charge is 2.29. The molecule has 0 aromatic carbocycles. The number of carbonyl (C=O) groups is 1. The molecule has 134 valence electrons. The molecule has 8 nitrogen and oxygen atoms in total. The van der Waals surface area contributed by atoms with Crippen molar-refractivity contribution >= 4 is 5.91 Å². The van der Waals surface area contributed by atoms with E-state index in [1.807, 2.05) is 25.1 Å². The van der Waals surface area contributed by atoms with Crippen molar-refractivity contribution in [2.75, 3.05) is 13.2 Å². The fourth-order valence-corrected chi connectivity index (χ4v) is 3.13. The lowest BCUT2D eigenvalue weighted by atomic mass is 10.2. The minimum atomic E-state index is -0.156. The van der Waals surface area contributed by atoms with Crippen LogP contribution in [0, 0.1) is 6.92 Å². The number of pyridine rings is 1. The maximum absolute atomic E-state index is 12.6. The molecular weight excluding hydrogens is 334 g/mol. The van der Waals surface area contributed by atoms with Crippen LogP contribution in [0.5, 0.6) is 0 Å². The molecule has 0 spiro atoms. The molecule has 3 aromatic heterocycles. The maximum Gasteiger partial charge on any atom is 0.276 e. The fraction of sp³-hybridized carbons (Fsp3) is 0.333. The third-order valence-electron chi connectivity index (χ3n) is 4.37. The Bertz CT molecular complexity index is 890. The molecule has 0 saturated carbocycles. The molecule has 0 saturated heterocycles. The zero-order valence-electron chi connectivity index (χ0n) is 14.4. The summed E-state index contributed by atoms with van der Waals surface area (Å²) in [7, 11) is 0. The molecule has 0 radical (unpaired) electrons. The van der Waals surface area contributed by atoms with Gasteiger partial charge in [0, 0.05) is 18.4 Å². The lowest BCUT2D eigenvalue weighted by Crippen LogP contribution is -2.42. The normalized spacial score (nSPS) is 16.5. The van der Waals surface area contributed by atoms with E-state index in [9.17, 15) is 4.79 Å². The summed E-state index contributed by atoms with van der Waals surface area (Å²) in [4.78, 5) is 26.9. The maximum atomic E-state index is 12.6. The van der Waals surface area contributed by atoms with Crippen LogP contribution in [-0.4, -0.2) is 43.5 Å². The summed E-state index contributed by atoms with van der Waals surface area (Å²) < 4.78 is 12.9. The molecule has 0 fully saturated rings. The summed E-state index contributed by atoms with van der Waals surface area (Å²) in [6, 6.07) is 5.85. The van der Waals surface area contributed by atoms with Crippen molar-refractivity contribution in [2.24, 2.45) is 0 Å². The molecule has 0 unspecified atom stereocenters. The van der Waals surface area contributed by atoms with Gasteiger partial charge in [-0.1, -0.05) is 6.07 Å². The Kier molecular flexibility index (Phi) is 4.49. The Morgan fingerprint density at radius 2 is 2.35 bits per heavy atom. The molecule has 4 heterocycles. The number of fused-ring (bicyclic) bond motifs is 1. The largest absolute Gasteiger partial charge is 0.451 e. The lowest BCUT2D eigenvalue weighted by Gasteiger charge is -2.34. The number of hydrogen-bond donors (Lipinski definition) is 0. The number of amides is 1. The molecule has 0 bridgehead atoms. The number of nitrogens with zero attached hydrogens (tertiary/aromatic N) is 5. The second-order valence-corrected chi connectivity index (χ2v) is 6.29. The topological polar surface area (TPSA) is 86.3 Å². The zero-order chi connectivity index (χ0) is 17.9. The number of imidazole rings is 1. The van der Waals surface area contributed by atoms with E-state index < -0.39 is 0 Å². The third kappa shape index (κ3) is 3.36. The number of aromatic nitrogens is 4. The number of aryl methyl sites for hydroxylation is 1. The Balaban J connectivity index is 1.44. The highest BCUT2D eigenvalue weighted by atomic mass is 16.5. The summed E-state index contributed by atoms with van der Waals surface area (Å²) in [5.41, 5.74) is 3.13. The first-order valence-corrected chi connectivity index (χ1v) is 8.39. The van der Waals surface area contributed by atoms with Crippen LogP contribution >= 0.6 is 0 Å². The van der Waals surface area contributed by atoms with Crippen LogP contribution in [0.3, 0.4) is 0 Å². The minimum absolute atomic E-state index is 0.0121. The van der Waals surface area contributed by atoms with Crippen LogP contribution < -0.4 is 0 Å². The van der Waals surface area contributed by atoms with E-state index >= 15 is 0 Å². The van der Waals surface area contributed by atoms with Gasteiger partial charge in [0.25, 0.3) is 5.91 Å². The van der Waals surface area contributed by atoms with Gasteiger partial charge in [0.15, 0.2) is 12.1 Å². The third-order valence-corrected chi connectivity index (χ3v) is 4.37. The van der Waals surface area contributed by atoms with Gasteiger partial charge in [0.2, 0.25) is 0 Å². The highest BCUT2D eigenvalue weighted by molar-refractivity contribution is 5.91. The Morgan fingerprint density at radius 1 is 1.42 bits per heavy atom. The molecule has 26 heavy (non-hydrogen) atoms. The van der Waals surface area contributed by atoms with Gasteiger partial charge in [-0.2, -0.15) is 0 Å². The van der Waals surface area contributed by atoms with Crippen molar-refractivity contribution in [3.8, 4) is 0 Å². The molecule has 1 atom stereocenters. The van der Waals surface area contributed by atoms with Gasteiger partial charge in [-0.3, -0.25) is 9.78 Å². The minimum Gasteiger partial charge on any atom is -0.451 e. The average Bonchev–Trinajstić information content (AvgIpc) is 3.33. The SMILES string of the molecule is Cc1cccc(COC[C@H]2CN(C(=O)c3cocn3)Cc3cncn32)n1. The van der Waals surface area contributed by atoms with E-state index in [0.29, 0.717) is 32.0 Å². The number of ether oxygens (including phenoxy) is 1. The first kappa shape index (κ1) is 16.5. The Hall–Kier alpha value is -3.00. The van der Waals surface area contributed by atoms with Crippen molar-refractivity contribution < 1.29 is 13.9 Å². The predicted octanol–water partition coefficient (Wildman–Crippen LogP) is 1.99. The first-order valence-electron chi connectivity index (χ1n) is 8.39. The van der Waals surface area contributed by atoms with Gasteiger partial charge in [0.1, 0.15) is 6.26 Å². The van der Waals surface area contributed by atoms with Gasteiger partial charge < -0.3 is 18.6 Å². The molecule has 0 aliphatic carbocycles. The van der Waals surface area contributed by atoms with Crippen LogP contribution in [0.1, 0.15) is 33.6 Å². The smallest absolute Gasteiger partial charge is 0.276 e. The van der Waals surface area contributed by atoms with E-state index in [1.54, 1.807) is 17.4 Å². The van der Waals surface area contributed by atoms with Crippen molar-refractivity contribution in [1.29, 1.82) is 0 Å². The first-order chi connectivity index (χ1) is 12.7. The quantitative estimate of drug-likeness (QED) is 0.697. The number of carbonyl (C=O) groups excluding carboxylic acids is 1. The van der Waals surface area contributed by atoms with Crippen molar-refractivity contribution in [1.82, 2.24) is 24.4 Å². The summed E-state index contributed by atoms with van der Waals surface area (Å²) in [6.45, 7) is 3.86. The molecule has 0 N–H and O–H groups in total. The van der Waals surface area contributed by atoms with Crippen LogP contribution in [0.4, 0.5) is 0 Å².